The fourth-order valence-corrected chi connectivity index (χ4v) is 7.49. The van der Waals surface area contributed by atoms with E-state index in [1.54, 1.807) is 3.96 Å². The Hall–Kier alpha value is 1.63. The van der Waals surface area contributed by atoms with Crippen LogP contribution < -0.4 is 0 Å². The standard InChI is InChI=1S/C8H11.2HI.Pt/c1-2-4-6-8-7-5-3-1;;;/h1-2,7H,3-6H2;2*1H;/q;;;+2/p-2. The molecule has 1 aliphatic rings. The average molecular weight is 556 g/mol. The minimum absolute atomic E-state index is 0.697. The van der Waals surface area contributed by atoms with E-state index in [9.17, 15) is 0 Å². The van der Waals surface area contributed by atoms with Crippen LogP contribution in [0.15, 0.2) is 22.2 Å². The topological polar surface area (TPSA) is 0 Å². The van der Waals surface area contributed by atoms with Crippen LogP contribution >= 0.6 is 38.7 Å². The van der Waals surface area contributed by atoms with Gasteiger partial charge < -0.3 is 0 Å². The van der Waals surface area contributed by atoms with Crippen LogP contribution in [0.2, 0.25) is 0 Å². The van der Waals surface area contributed by atoms with Gasteiger partial charge in [0.25, 0.3) is 0 Å². The van der Waals surface area contributed by atoms with Gasteiger partial charge in [0.05, 0.1) is 0 Å². The Morgan fingerprint density at radius 1 is 1.09 bits per heavy atom. The van der Waals surface area contributed by atoms with Gasteiger partial charge in [0, 0.05) is 0 Å². The molecule has 0 aromatic heterocycles. The van der Waals surface area contributed by atoms with Gasteiger partial charge >= 0.3 is 96.5 Å². The van der Waals surface area contributed by atoms with Gasteiger partial charge in [-0.3, -0.25) is 0 Å². The predicted molar refractivity (Wildman–Crippen MR) is 63.7 cm³/mol. The van der Waals surface area contributed by atoms with Gasteiger partial charge in [-0.15, -0.1) is 0 Å². The number of hydrogen-bond acceptors (Lipinski definition) is 0. The molecular weight excluding hydrogens is 545 g/mol. The zero-order valence-electron chi connectivity index (χ0n) is 6.13. The molecule has 0 aromatic rings. The van der Waals surface area contributed by atoms with Crippen molar-refractivity contribution < 1.29 is 9.95 Å². The first-order chi connectivity index (χ1) is 5.30. The van der Waals surface area contributed by atoms with Crippen molar-refractivity contribution in [1.29, 1.82) is 0 Å². The quantitative estimate of drug-likeness (QED) is 0.334. The molecule has 0 saturated carbocycles. The summed E-state index contributed by atoms with van der Waals surface area (Å²) in [5, 5.41) is 0. The molecule has 0 fully saturated rings. The monoisotopic (exact) mass is 556 g/mol. The van der Waals surface area contributed by atoms with Crippen LogP contribution in [0.4, 0.5) is 0 Å². The van der Waals surface area contributed by atoms with Crippen molar-refractivity contribution >= 4 is 38.7 Å². The van der Waals surface area contributed by atoms with E-state index in [0.717, 1.165) is 0 Å². The summed E-state index contributed by atoms with van der Waals surface area (Å²) in [4.78, 5) is 0. The summed E-state index contributed by atoms with van der Waals surface area (Å²) in [7, 11) is -0.697. The molecule has 0 nitrogen and oxygen atoms in total. The van der Waals surface area contributed by atoms with E-state index in [0.29, 0.717) is 0 Å². The summed E-state index contributed by atoms with van der Waals surface area (Å²) in [6.07, 6.45) is 12.2. The van der Waals surface area contributed by atoms with Gasteiger partial charge in [0.2, 0.25) is 0 Å². The van der Waals surface area contributed by atoms with E-state index in [1.165, 1.54) is 25.7 Å². The van der Waals surface area contributed by atoms with Crippen LogP contribution in [-0.2, 0) is 9.95 Å². The molecule has 0 N–H and O–H groups in total. The summed E-state index contributed by atoms with van der Waals surface area (Å²) >= 11 is 5.29. The number of hydrogen-bond donors (Lipinski definition) is 0. The summed E-state index contributed by atoms with van der Waals surface area (Å²) < 4.78 is 1.78. The zero-order chi connectivity index (χ0) is 8.10. The molecule has 0 aliphatic heterocycles. The molecule has 3 heteroatoms. The van der Waals surface area contributed by atoms with Crippen molar-refractivity contribution in [3.05, 3.63) is 22.2 Å². The Morgan fingerprint density at radius 3 is 2.55 bits per heavy atom. The first-order valence-electron chi connectivity index (χ1n) is 3.60. The first-order valence-corrected chi connectivity index (χ1v) is 17.6. The van der Waals surface area contributed by atoms with E-state index in [1.807, 2.05) is 0 Å². The van der Waals surface area contributed by atoms with Crippen molar-refractivity contribution in [1.82, 2.24) is 0 Å². The molecule has 0 spiro atoms. The van der Waals surface area contributed by atoms with E-state index < -0.39 is 9.95 Å². The summed E-state index contributed by atoms with van der Waals surface area (Å²) in [6, 6.07) is 0. The molecule has 1 rings (SSSR count). The molecule has 0 amide bonds. The number of allylic oxidation sites excluding steroid dienone is 4. The van der Waals surface area contributed by atoms with Crippen molar-refractivity contribution in [2.75, 3.05) is 0 Å². The molecule has 0 saturated heterocycles. The molecule has 0 bridgehead atoms. The Kier molecular flexibility index (Phi) is 5.98. The third-order valence-electron chi connectivity index (χ3n) is 1.54. The summed E-state index contributed by atoms with van der Waals surface area (Å²) in [5.41, 5.74) is 0. The molecule has 67 valence electrons. The zero-order valence-corrected chi connectivity index (χ0v) is 12.7. The first kappa shape index (κ1) is 10.7. The Balaban J connectivity index is 2.50. The Bertz CT molecular complexity index is 173. The SMILES string of the molecule is [I][Pt]([I])[C]1=CCCC=CCC1. The van der Waals surface area contributed by atoms with Gasteiger partial charge in [-0.2, -0.15) is 0 Å². The van der Waals surface area contributed by atoms with Gasteiger partial charge in [0.1, 0.15) is 0 Å². The van der Waals surface area contributed by atoms with Crippen LogP contribution in [0.25, 0.3) is 0 Å². The third kappa shape index (κ3) is 4.41. The van der Waals surface area contributed by atoms with Crippen LogP contribution in [0, 0.1) is 0 Å². The average Bonchev–Trinajstić information content (AvgIpc) is 1.84. The van der Waals surface area contributed by atoms with Gasteiger partial charge in [-0.25, -0.2) is 0 Å². The maximum atomic E-state index is 2.64. The molecule has 1 aliphatic carbocycles. The van der Waals surface area contributed by atoms with Crippen molar-refractivity contribution in [3.8, 4) is 0 Å². The van der Waals surface area contributed by atoms with E-state index in [2.05, 4.69) is 56.9 Å². The van der Waals surface area contributed by atoms with Crippen LogP contribution in [0.1, 0.15) is 25.7 Å². The van der Waals surface area contributed by atoms with Crippen molar-refractivity contribution in [2.24, 2.45) is 0 Å². The molecule has 0 unspecified atom stereocenters. The van der Waals surface area contributed by atoms with Crippen LogP contribution in [0.3, 0.4) is 0 Å². The molecule has 11 heavy (non-hydrogen) atoms. The molecule has 0 aromatic carbocycles. The molecule has 0 radical (unpaired) electrons. The Labute approximate surface area is 95.1 Å². The predicted octanol–water partition coefficient (Wildman–Crippen LogP) is 4.32. The Morgan fingerprint density at radius 2 is 1.82 bits per heavy atom. The van der Waals surface area contributed by atoms with Gasteiger partial charge in [0.15, 0.2) is 0 Å². The van der Waals surface area contributed by atoms with Crippen molar-refractivity contribution in [3.63, 3.8) is 0 Å². The third-order valence-corrected chi connectivity index (χ3v) is 10.8. The van der Waals surface area contributed by atoms with E-state index in [-0.39, 0.29) is 0 Å². The molecule has 0 heterocycles. The molecular formula is C8H11I2Pt. The van der Waals surface area contributed by atoms with Crippen LogP contribution in [-0.4, -0.2) is 0 Å². The fraction of sp³-hybridized carbons (Fsp3) is 0.500. The fourth-order valence-electron chi connectivity index (χ4n) is 0.986. The second kappa shape index (κ2) is 6.14. The normalized spacial score (nSPS) is 20.2. The summed E-state index contributed by atoms with van der Waals surface area (Å²) in [5.74, 6) is 0. The second-order valence-corrected chi connectivity index (χ2v) is 26.9. The number of rotatable bonds is 1. The molecule has 0 atom stereocenters. The van der Waals surface area contributed by atoms with Crippen molar-refractivity contribution in [2.45, 2.75) is 25.7 Å². The van der Waals surface area contributed by atoms with E-state index in [4.69, 9.17) is 0 Å². The second-order valence-electron chi connectivity index (χ2n) is 2.36. The minimum atomic E-state index is -0.697. The number of halogens is 2. The summed E-state index contributed by atoms with van der Waals surface area (Å²) in [6.45, 7) is 0. The van der Waals surface area contributed by atoms with E-state index >= 15 is 0 Å². The maximum absolute atomic E-state index is 2.64. The van der Waals surface area contributed by atoms with Gasteiger partial charge in [-0.05, 0) is 0 Å². The van der Waals surface area contributed by atoms with Crippen LogP contribution in [0.5, 0.6) is 0 Å². The van der Waals surface area contributed by atoms with Gasteiger partial charge in [-0.1, -0.05) is 0 Å².